The molecule has 96 valence electrons. The highest BCUT2D eigenvalue weighted by molar-refractivity contribution is 9.10. The van der Waals surface area contributed by atoms with Gasteiger partial charge in [0.15, 0.2) is 0 Å². The topological polar surface area (TPSA) is 29.5 Å². The highest BCUT2D eigenvalue weighted by Crippen LogP contribution is 2.43. The molecule has 0 amide bonds. The predicted octanol–water partition coefficient (Wildman–Crippen LogP) is 4.28. The van der Waals surface area contributed by atoms with E-state index in [9.17, 15) is 5.11 Å². The molecule has 1 saturated carbocycles. The van der Waals surface area contributed by atoms with Crippen LogP contribution in [0.5, 0.6) is 0 Å². The Morgan fingerprint density at radius 3 is 2.47 bits per heavy atom. The number of ether oxygens (including phenoxy) is 1. The van der Waals surface area contributed by atoms with E-state index in [0.29, 0.717) is 0 Å². The normalized spacial score (nSPS) is 22.1. The van der Waals surface area contributed by atoms with Gasteiger partial charge in [-0.1, -0.05) is 25.7 Å². The van der Waals surface area contributed by atoms with Crippen LogP contribution < -0.4 is 0 Å². The average Bonchev–Trinajstić information content (AvgIpc) is 2.64. The van der Waals surface area contributed by atoms with Gasteiger partial charge < -0.3 is 9.84 Å². The van der Waals surface area contributed by atoms with E-state index < -0.39 is 6.10 Å². The zero-order chi connectivity index (χ0) is 12.3. The summed E-state index contributed by atoms with van der Waals surface area (Å²) in [6.07, 6.45) is 6.19. The summed E-state index contributed by atoms with van der Waals surface area (Å²) in [5, 5.41) is 12.6. The van der Waals surface area contributed by atoms with Crippen LogP contribution in [-0.2, 0) is 4.74 Å². The van der Waals surface area contributed by atoms with Gasteiger partial charge in [-0.25, -0.2) is 0 Å². The van der Waals surface area contributed by atoms with Crippen molar-refractivity contribution in [2.24, 2.45) is 0 Å². The van der Waals surface area contributed by atoms with Crippen molar-refractivity contribution in [3.05, 3.63) is 20.8 Å². The van der Waals surface area contributed by atoms with Gasteiger partial charge in [-0.3, -0.25) is 0 Å². The first-order valence-corrected chi connectivity index (χ1v) is 7.83. The summed E-state index contributed by atoms with van der Waals surface area (Å²) in [6, 6.07) is 1.99. The van der Waals surface area contributed by atoms with Gasteiger partial charge in [0, 0.05) is 11.6 Å². The fraction of sp³-hybridized carbons (Fsp3) is 0.692. The highest BCUT2D eigenvalue weighted by atomic mass is 79.9. The summed E-state index contributed by atoms with van der Waals surface area (Å²) in [6.45, 7) is 0. The minimum Gasteiger partial charge on any atom is -0.384 e. The molecule has 0 radical (unpaired) electrons. The van der Waals surface area contributed by atoms with Crippen molar-refractivity contribution in [3.63, 3.8) is 0 Å². The molecule has 17 heavy (non-hydrogen) atoms. The van der Waals surface area contributed by atoms with Gasteiger partial charge in [-0.2, -0.15) is 0 Å². The summed E-state index contributed by atoms with van der Waals surface area (Å²) in [4.78, 5) is 0.994. The fourth-order valence-corrected chi connectivity index (χ4v) is 4.34. The van der Waals surface area contributed by atoms with E-state index in [4.69, 9.17) is 4.74 Å². The van der Waals surface area contributed by atoms with Crippen LogP contribution in [0.3, 0.4) is 0 Å². The second-order valence-corrected chi connectivity index (χ2v) is 6.52. The lowest BCUT2D eigenvalue weighted by atomic mass is 9.87. The van der Waals surface area contributed by atoms with Gasteiger partial charge in [-0.15, -0.1) is 11.3 Å². The first-order valence-electron chi connectivity index (χ1n) is 6.16. The first kappa shape index (κ1) is 13.5. The van der Waals surface area contributed by atoms with Gasteiger partial charge >= 0.3 is 0 Å². The molecule has 0 aliphatic heterocycles. The van der Waals surface area contributed by atoms with Gasteiger partial charge in [0.05, 0.1) is 10.5 Å². The lowest BCUT2D eigenvalue weighted by molar-refractivity contribution is -0.113. The molecule has 1 atom stereocenters. The monoisotopic (exact) mass is 318 g/mol. The first-order chi connectivity index (χ1) is 8.19. The molecule has 2 rings (SSSR count). The highest BCUT2D eigenvalue weighted by Gasteiger charge is 2.40. The van der Waals surface area contributed by atoms with E-state index in [-0.39, 0.29) is 5.60 Å². The molecule has 1 heterocycles. The molecule has 1 aromatic rings. The van der Waals surface area contributed by atoms with Gasteiger partial charge in [0.2, 0.25) is 0 Å². The number of hydrogen-bond acceptors (Lipinski definition) is 3. The Morgan fingerprint density at radius 2 is 2.00 bits per heavy atom. The molecule has 0 aromatic carbocycles. The van der Waals surface area contributed by atoms with Crippen molar-refractivity contribution in [3.8, 4) is 0 Å². The number of aliphatic hydroxyl groups excluding tert-OH is 1. The average molecular weight is 319 g/mol. The molecular weight excluding hydrogens is 300 g/mol. The van der Waals surface area contributed by atoms with Crippen LogP contribution in [0.4, 0.5) is 0 Å². The maximum Gasteiger partial charge on any atom is 0.118 e. The third kappa shape index (κ3) is 2.75. The molecule has 0 saturated heterocycles. The quantitative estimate of drug-likeness (QED) is 0.843. The molecule has 1 fully saturated rings. The number of hydrogen-bond donors (Lipinski definition) is 1. The van der Waals surface area contributed by atoms with E-state index in [1.54, 1.807) is 18.4 Å². The molecule has 2 nitrogen and oxygen atoms in total. The SMILES string of the molecule is COC1(C(O)c2sccc2Br)CCCCCC1. The van der Waals surface area contributed by atoms with Crippen LogP contribution in [0.2, 0.25) is 0 Å². The molecule has 0 spiro atoms. The van der Waals surface area contributed by atoms with Gasteiger partial charge in [-0.05, 0) is 40.2 Å². The molecule has 1 aliphatic carbocycles. The molecular formula is C13H19BrO2S. The molecule has 1 aliphatic rings. The van der Waals surface area contributed by atoms with Crippen LogP contribution in [0, 0.1) is 0 Å². The fourth-order valence-electron chi connectivity index (χ4n) is 2.66. The van der Waals surface area contributed by atoms with E-state index in [0.717, 1.165) is 35.0 Å². The van der Waals surface area contributed by atoms with E-state index >= 15 is 0 Å². The van der Waals surface area contributed by atoms with Crippen molar-refractivity contribution in [2.45, 2.75) is 50.2 Å². The van der Waals surface area contributed by atoms with Gasteiger partial charge in [0.25, 0.3) is 0 Å². The number of thiophene rings is 1. The predicted molar refractivity (Wildman–Crippen MR) is 74.4 cm³/mol. The Morgan fingerprint density at radius 1 is 1.35 bits per heavy atom. The maximum absolute atomic E-state index is 10.6. The van der Waals surface area contributed by atoms with Crippen LogP contribution in [0.15, 0.2) is 15.9 Å². The summed E-state index contributed by atoms with van der Waals surface area (Å²) in [5.74, 6) is 0. The van der Waals surface area contributed by atoms with E-state index in [1.807, 2.05) is 11.4 Å². The van der Waals surface area contributed by atoms with Crippen LogP contribution in [0.25, 0.3) is 0 Å². The third-order valence-electron chi connectivity index (χ3n) is 3.75. The van der Waals surface area contributed by atoms with E-state index in [2.05, 4.69) is 15.9 Å². The standard InChI is InChI=1S/C13H19BrO2S/c1-16-13(7-4-2-3-5-8-13)12(15)11-10(14)6-9-17-11/h6,9,12,15H,2-5,7-8H2,1H3. The van der Waals surface area contributed by atoms with Crippen LogP contribution in [-0.4, -0.2) is 17.8 Å². The Bertz CT molecular complexity index is 356. The largest absolute Gasteiger partial charge is 0.384 e. The van der Waals surface area contributed by atoms with Crippen molar-refractivity contribution in [1.29, 1.82) is 0 Å². The second kappa shape index (κ2) is 5.83. The zero-order valence-electron chi connectivity index (χ0n) is 10.1. The minimum atomic E-state index is -0.514. The third-order valence-corrected chi connectivity index (χ3v) is 5.67. The Labute approximate surface area is 115 Å². The summed E-state index contributed by atoms with van der Waals surface area (Å²) < 4.78 is 6.73. The van der Waals surface area contributed by atoms with Crippen molar-refractivity contribution in [2.75, 3.05) is 7.11 Å². The second-order valence-electron chi connectivity index (χ2n) is 4.72. The van der Waals surface area contributed by atoms with E-state index in [1.165, 1.54) is 12.8 Å². The lowest BCUT2D eigenvalue weighted by Gasteiger charge is -2.36. The van der Waals surface area contributed by atoms with Gasteiger partial charge in [0.1, 0.15) is 6.10 Å². The molecule has 1 unspecified atom stereocenters. The number of rotatable bonds is 3. The summed E-state index contributed by atoms with van der Waals surface area (Å²) in [7, 11) is 1.73. The molecule has 4 heteroatoms. The molecule has 0 bridgehead atoms. The Kier molecular flexibility index (Phi) is 4.64. The maximum atomic E-state index is 10.6. The minimum absolute atomic E-state index is 0.385. The van der Waals surface area contributed by atoms with Crippen molar-refractivity contribution >= 4 is 27.3 Å². The number of methoxy groups -OCH3 is 1. The Balaban J connectivity index is 2.24. The van der Waals surface area contributed by atoms with Crippen LogP contribution >= 0.6 is 27.3 Å². The Hall–Kier alpha value is 0.100. The smallest absolute Gasteiger partial charge is 0.118 e. The molecule has 1 N–H and O–H groups in total. The summed E-state index contributed by atoms with van der Waals surface area (Å²) >= 11 is 5.10. The molecule has 1 aromatic heterocycles. The van der Waals surface area contributed by atoms with Crippen molar-refractivity contribution in [1.82, 2.24) is 0 Å². The zero-order valence-corrected chi connectivity index (χ0v) is 12.5. The number of aliphatic hydroxyl groups is 1. The van der Waals surface area contributed by atoms with Crippen molar-refractivity contribution < 1.29 is 9.84 Å². The lowest BCUT2D eigenvalue weighted by Crippen LogP contribution is -2.37. The van der Waals surface area contributed by atoms with Crippen LogP contribution in [0.1, 0.15) is 49.5 Å². The number of halogens is 1. The summed E-state index contributed by atoms with van der Waals surface area (Å²) in [5.41, 5.74) is -0.385.